The predicted molar refractivity (Wildman–Crippen MR) is 136 cm³/mol. The van der Waals surface area contributed by atoms with Crippen LogP contribution in [-0.2, 0) is 16.6 Å². The lowest BCUT2D eigenvalue weighted by atomic mass is 9.98. The second-order valence-electron chi connectivity index (χ2n) is 11.2. The summed E-state index contributed by atoms with van der Waals surface area (Å²) in [6, 6.07) is 12.2. The number of carbonyl (C=O) groups excluding carboxylic acids is 1. The molecule has 4 aliphatic rings. The second-order valence-corrected chi connectivity index (χ2v) is 13.1. The largest absolute Gasteiger partial charge is 0.360 e. The molecule has 0 spiro atoms. The third-order valence-corrected chi connectivity index (χ3v) is 10.6. The van der Waals surface area contributed by atoms with Crippen LogP contribution in [0.5, 0.6) is 0 Å². The molecule has 4 heterocycles. The molecule has 1 amide bonds. The number of aromatic nitrogens is 1. The molecule has 9 heteroatoms. The number of hydrogen-bond acceptors (Lipinski definition) is 6. The van der Waals surface area contributed by atoms with Gasteiger partial charge in [0.2, 0.25) is 10.0 Å². The molecule has 194 valence electrons. The lowest BCUT2D eigenvalue weighted by Gasteiger charge is -2.39. The summed E-state index contributed by atoms with van der Waals surface area (Å²) in [4.78, 5) is 15.1. The minimum atomic E-state index is -3.32. The minimum absolute atomic E-state index is 0.0171. The zero-order valence-corrected chi connectivity index (χ0v) is 21.5. The number of hydrogen-bond donors (Lipinski definition) is 1. The monoisotopic (exact) mass is 512 g/mol. The number of likely N-dealkylation sites (tertiary alicyclic amines) is 1. The van der Waals surface area contributed by atoms with Crippen molar-refractivity contribution in [2.45, 2.75) is 82.0 Å². The van der Waals surface area contributed by atoms with Gasteiger partial charge in [-0.05, 0) is 75.9 Å². The zero-order chi connectivity index (χ0) is 24.7. The third kappa shape index (κ3) is 5.24. The summed E-state index contributed by atoms with van der Waals surface area (Å²) >= 11 is 0. The Labute approximate surface area is 213 Å². The van der Waals surface area contributed by atoms with Crippen molar-refractivity contribution >= 4 is 15.9 Å². The molecule has 0 radical (unpaired) electrons. The molecular weight excluding hydrogens is 476 g/mol. The average Bonchev–Trinajstić information content (AvgIpc) is 3.51. The molecule has 0 unspecified atom stereocenters. The molecule has 1 N–H and O–H groups in total. The van der Waals surface area contributed by atoms with Crippen molar-refractivity contribution in [3.05, 3.63) is 53.4 Å². The van der Waals surface area contributed by atoms with Crippen molar-refractivity contribution in [3.8, 4) is 0 Å². The highest BCUT2D eigenvalue weighted by Gasteiger charge is 2.47. The Morgan fingerprint density at radius 2 is 1.69 bits per heavy atom. The molecule has 1 saturated carbocycles. The van der Waals surface area contributed by atoms with E-state index in [2.05, 4.69) is 39.6 Å². The Balaban J connectivity index is 1.01. The maximum atomic E-state index is 13.5. The van der Waals surface area contributed by atoms with Gasteiger partial charge in [-0.15, -0.1) is 0 Å². The Morgan fingerprint density at radius 1 is 1.00 bits per heavy atom. The molecule has 8 nitrogen and oxygen atoms in total. The van der Waals surface area contributed by atoms with Crippen LogP contribution in [0.25, 0.3) is 0 Å². The fraction of sp³-hybridized carbons (Fsp3) is 0.630. The van der Waals surface area contributed by atoms with E-state index in [0.29, 0.717) is 24.5 Å². The molecular formula is C27H36N4O4S. The van der Waals surface area contributed by atoms with E-state index in [1.165, 1.54) is 5.56 Å². The minimum Gasteiger partial charge on any atom is -0.360 e. The summed E-state index contributed by atoms with van der Waals surface area (Å²) in [6.45, 7) is 2.82. The number of rotatable bonds is 8. The van der Waals surface area contributed by atoms with E-state index in [4.69, 9.17) is 4.52 Å². The van der Waals surface area contributed by atoms with E-state index in [9.17, 15) is 13.2 Å². The summed E-state index contributed by atoms with van der Waals surface area (Å²) in [5.74, 6) is 1.46. The quantitative estimate of drug-likeness (QED) is 0.582. The first-order valence-corrected chi connectivity index (χ1v) is 15.1. The number of nitrogens with zero attached hydrogens (tertiary/aromatic N) is 3. The molecule has 2 bridgehead atoms. The standard InChI is InChI=1S/C27H36N4O4S/c32-27(25-16-26(35-29-25)21-6-7-21)28-22-14-23-8-9-24(15-22)31(23)36(33,34)18-20-10-12-30(13-11-20)17-19-4-2-1-3-5-19/h1-5,16,20-24H,6-15,17-18H2,(H,28,32)/t22-,23+,24-. The number of sulfonamides is 1. The molecule has 3 aliphatic heterocycles. The number of amides is 1. The Morgan fingerprint density at radius 3 is 2.36 bits per heavy atom. The molecule has 6 rings (SSSR count). The van der Waals surface area contributed by atoms with Crippen LogP contribution in [-0.4, -0.2) is 65.7 Å². The van der Waals surface area contributed by atoms with Gasteiger partial charge in [0.1, 0.15) is 5.76 Å². The first kappa shape index (κ1) is 24.1. The van der Waals surface area contributed by atoms with E-state index in [1.807, 2.05) is 10.4 Å². The SMILES string of the molecule is O=C(N[C@H]1C[C@H]2CC[C@@H](C1)N2S(=O)(=O)CC1CCN(Cc2ccccc2)CC1)c1cc(C2CC2)on1. The number of piperidine rings is 2. The van der Waals surface area contributed by atoms with Crippen molar-refractivity contribution in [2.24, 2.45) is 5.92 Å². The normalized spacial score (nSPS) is 27.8. The highest BCUT2D eigenvalue weighted by Crippen LogP contribution is 2.41. The average molecular weight is 513 g/mol. The van der Waals surface area contributed by atoms with Crippen molar-refractivity contribution in [3.63, 3.8) is 0 Å². The van der Waals surface area contributed by atoms with E-state index in [1.54, 1.807) is 6.07 Å². The second kappa shape index (κ2) is 9.91. The lowest BCUT2D eigenvalue weighted by molar-refractivity contribution is 0.0900. The number of fused-ring (bicyclic) bond motifs is 2. The van der Waals surface area contributed by atoms with Crippen LogP contribution >= 0.6 is 0 Å². The van der Waals surface area contributed by atoms with Gasteiger partial charge < -0.3 is 9.84 Å². The van der Waals surface area contributed by atoms with Gasteiger partial charge in [-0.3, -0.25) is 9.69 Å². The van der Waals surface area contributed by atoms with Crippen molar-refractivity contribution in [2.75, 3.05) is 18.8 Å². The molecule has 1 aromatic carbocycles. The smallest absolute Gasteiger partial charge is 0.273 e. The van der Waals surface area contributed by atoms with Gasteiger partial charge in [0.15, 0.2) is 5.69 Å². The van der Waals surface area contributed by atoms with Crippen LogP contribution in [0.1, 0.15) is 79.1 Å². The van der Waals surface area contributed by atoms with Crippen LogP contribution < -0.4 is 5.32 Å². The third-order valence-electron chi connectivity index (χ3n) is 8.47. The fourth-order valence-corrected chi connectivity index (χ4v) is 8.85. The molecule has 1 aromatic heterocycles. The fourth-order valence-electron chi connectivity index (χ4n) is 6.46. The van der Waals surface area contributed by atoms with Crippen LogP contribution in [0, 0.1) is 5.92 Å². The van der Waals surface area contributed by atoms with Crippen molar-refractivity contribution in [1.82, 2.24) is 19.7 Å². The zero-order valence-electron chi connectivity index (χ0n) is 20.7. The first-order valence-electron chi connectivity index (χ1n) is 13.5. The highest BCUT2D eigenvalue weighted by atomic mass is 32.2. The van der Waals surface area contributed by atoms with Gasteiger partial charge in [0, 0.05) is 36.7 Å². The summed E-state index contributed by atoms with van der Waals surface area (Å²) < 4.78 is 34.2. The topological polar surface area (TPSA) is 95.8 Å². The first-order chi connectivity index (χ1) is 17.4. The summed E-state index contributed by atoms with van der Waals surface area (Å²) in [5, 5.41) is 7.05. The van der Waals surface area contributed by atoms with Crippen LogP contribution in [0.3, 0.4) is 0 Å². The molecule has 4 fully saturated rings. The molecule has 3 saturated heterocycles. The molecule has 1 aliphatic carbocycles. The van der Waals surface area contributed by atoms with E-state index in [-0.39, 0.29) is 35.7 Å². The Kier molecular flexibility index (Phi) is 6.64. The summed E-state index contributed by atoms with van der Waals surface area (Å²) in [6.07, 6.45) is 7.14. The van der Waals surface area contributed by atoms with Gasteiger partial charge in [0.05, 0.1) is 5.75 Å². The van der Waals surface area contributed by atoms with Gasteiger partial charge in [-0.2, -0.15) is 4.31 Å². The van der Waals surface area contributed by atoms with Crippen molar-refractivity contribution < 1.29 is 17.7 Å². The summed E-state index contributed by atoms with van der Waals surface area (Å²) in [5.41, 5.74) is 1.64. The molecule has 2 aromatic rings. The predicted octanol–water partition coefficient (Wildman–Crippen LogP) is 3.52. The molecule has 36 heavy (non-hydrogen) atoms. The van der Waals surface area contributed by atoms with Gasteiger partial charge in [-0.1, -0.05) is 35.5 Å². The van der Waals surface area contributed by atoms with Gasteiger partial charge >= 0.3 is 0 Å². The molecule has 3 atom stereocenters. The number of carbonyl (C=O) groups is 1. The highest BCUT2D eigenvalue weighted by molar-refractivity contribution is 7.89. The van der Waals surface area contributed by atoms with E-state index >= 15 is 0 Å². The van der Waals surface area contributed by atoms with Crippen LogP contribution in [0.15, 0.2) is 40.9 Å². The maximum absolute atomic E-state index is 13.5. The Bertz CT molecular complexity index is 1160. The van der Waals surface area contributed by atoms with Crippen LogP contribution in [0.4, 0.5) is 0 Å². The summed E-state index contributed by atoms with van der Waals surface area (Å²) in [7, 11) is -3.32. The maximum Gasteiger partial charge on any atom is 0.273 e. The Hall–Kier alpha value is -2.23. The van der Waals surface area contributed by atoms with Gasteiger partial charge in [-0.25, -0.2) is 8.42 Å². The van der Waals surface area contributed by atoms with E-state index < -0.39 is 10.0 Å². The van der Waals surface area contributed by atoms with Crippen LogP contribution in [0.2, 0.25) is 0 Å². The van der Waals surface area contributed by atoms with E-state index in [0.717, 1.165) is 63.9 Å². The lowest BCUT2D eigenvalue weighted by Crippen LogP contribution is -2.53. The number of benzene rings is 1. The van der Waals surface area contributed by atoms with Crippen molar-refractivity contribution in [1.29, 1.82) is 0 Å². The number of nitrogens with one attached hydrogen (secondary N) is 1. The van der Waals surface area contributed by atoms with Gasteiger partial charge in [0.25, 0.3) is 5.91 Å².